The summed E-state index contributed by atoms with van der Waals surface area (Å²) in [7, 11) is 0. The Morgan fingerprint density at radius 1 is 1.52 bits per heavy atom. The molecule has 0 unspecified atom stereocenters. The van der Waals surface area contributed by atoms with Crippen LogP contribution in [-0.4, -0.2) is 16.0 Å². The first-order chi connectivity index (χ1) is 10.1. The van der Waals surface area contributed by atoms with Gasteiger partial charge in [0.2, 0.25) is 5.89 Å². The molecule has 0 saturated heterocycles. The van der Waals surface area contributed by atoms with Gasteiger partial charge in [-0.25, -0.2) is 4.39 Å². The van der Waals surface area contributed by atoms with Crippen LogP contribution in [0, 0.1) is 12.7 Å². The molecule has 0 aliphatic carbocycles. The van der Waals surface area contributed by atoms with Crippen molar-refractivity contribution < 1.29 is 13.7 Å². The number of fused-ring (bicyclic) bond motifs is 1. The van der Waals surface area contributed by atoms with E-state index in [1.54, 1.807) is 19.1 Å². The standard InChI is InChI=1S/C13H11FN4O2S/c1-6-17-9(20-18-6)5-16-13(19)12-11(15)10-7(14)3-2-4-8(10)21-12/h2-4H,5,15H2,1H3,(H,16,19). The summed E-state index contributed by atoms with van der Waals surface area (Å²) in [6.07, 6.45) is 0. The number of hydrogen-bond donors (Lipinski definition) is 2. The molecule has 3 aromatic rings. The molecular weight excluding hydrogens is 295 g/mol. The number of aromatic nitrogens is 2. The minimum atomic E-state index is -0.437. The van der Waals surface area contributed by atoms with Gasteiger partial charge in [-0.1, -0.05) is 11.2 Å². The van der Waals surface area contributed by atoms with Crippen LogP contribution in [0.3, 0.4) is 0 Å². The summed E-state index contributed by atoms with van der Waals surface area (Å²) in [6, 6.07) is 4.61. The Labute approximate surface area is 122 Å². The highest BCUT2D eigenvalue weighted by Crippen LogP contribution is 2.35. The van der Waals surface area contributed by atoms with Crippen LogP contribution < -0.4 is 11.1 Å². The summed E-state index contributed by atoms with van der Waals surface area (Å²) in [5, 5.41) is 6.52. The highest BCUT2D eigenvalue weighted by molar-refractivity contribution is 7.21. The van der Waals surface area contributed by atoms with Crippen LogP contribution in [0.5, 0.6) is 0 Å². The van der Waals surface area contributed by atoms with Crippen LogP contribution in [-0.2, 0) is 6.54 Å². The Balaban J connectivity index is 1.84. The maximum atomic E-state index is 13.7. The highest BCUT2D eigenvalue weighted by Gasteiger charge is 2.19. The van der Waals surface area contributed by atoms with Gasteiger partial charge in [0.15, 0.2) is 5.82 Å². The zero-order valence-electron chi connectivity index (χ0n) is 11.0. The fourth-order valence-electron chi connectivity index (χ4n) is 1.95. The molecule has 3 rings (SSSR count). The molecule has 0 atom stereocenters. The van der Waals surface area contributed by atoms with E-state index in [9.17, 15) is 9.18 Å². The van der Waals surface area contributed by atoms with Gasteiger partial charge in [0.05, 0.1) is 17.6 Å². The number of benzene rings is 1. The first-order valence-electron chi connectivity index (χ1n) is 6.10. The molecule has 0 bridgehead atoms. The number of nitrogens with zero attached hydrogens (tertiary/aromatic N) is 2. The Bertz CT molecular complexity index is 827. The molecule has 108 valence electrons. The second-order valence-electron chi connectivity index (χ2n) is 4.38. The van der Waals surface area contributed by atoms with Gasteiger partial charge in [0.1, 0.15) is 10.7 Å². The number of anilines is 1. The van der Waals surface area contributed by atoms with Gasteiger partial charge in [-0.15, -0.1) is 11.3 Å². The summed E-state index contributed by atoms with van der Waals surface area (Å²) in [4.78, 5) is 16.4. The van der Waals surface area contributed by atoms with Gasteiger partial charge in [0.25, 0.3) is 5.91 Å². The topological polar surface area (TPSA) is 94.0 Å². The lowest BCUT2D eigenvalue weighted by atomic mass is 10.2. The van der Waals surface area contributed by atoms with Crippen molar-refractivity contribution in [3.8, 4) is 0 Å². The van der Waals surface area contributed by atoms with E-state index in [-0.39, 0.29) is 22.5 Å². The predicted molar refractivity (Wildman–Crippen MR) is 76.4 cm³/mol. The summed E-state index contributed by atoms with van der Waals surface area (Å²) in [6.45, 7) is 1.78. The maximum Gasteiger partial charge on any atom is 0.263 e. The first kappa shape index (κ1) is 13.5. The number of nitrogens with one attached hydrogen (secondary N) is 1. The molecule has 2 heterocycles. The second-order valence-corrected chi connectivity index (χ2v) is 5.43. The zero-order valence-corrected chi connectivity index (χ0v) is 11.8. The van der Waals surface area contributed by atoms with Crippen molar-refractivity contribution in [2.45, 2.75) is 13.5 Å². The summed E-state index contributed by atoms with van der Waals surface area (Å²) < 4.78 is 19.3. The third-order valence-electron chi connectivity index (χ3n) is 2.88. The molecule has 0 spiro atoms. The number of thiophene rings is 1. The molecule has 8 heteroatoms. The quantitative estimate of drug-likeness (QED) is 0.774. The summed E-state index contributed by atoms with van der Waals surface area (Å²) in [5.74, 6) is -0.0498. The first-order valence-corrected chi connectivity index (χ1v) is 6.92. The molecule has 0 saturated carbocycles. The van der Waals surface area contributed by atoms with Crippen LogP contribution in [0.1, 0.15) is 21.4 Å². The van der Waals surface area contributed by atoms with Crippen molar-refractivity contribution in [2.24, 2.45) is 0 Å². The minimum Gasteiger partial charge on any atom is -0.397 e. The highest BCUT2D eigenvalue weighted by atomic mass is 32.1. The van der Waals surface area contributed by atoms with E-state index >= 15 is 0 Å². The number of halogens is 1. The lowest BCUT2D eigenvalue weighted by Gasteiger charge is -2.01. The fraction of sp³-hybridized carbons (Fsp3) is 0.154. The molecule has 0 fully saturated rings. The van der Waals surface area contributed by atoms with Crippen LogP contribution in [0.4, 0.5) is 10.1 Å². The number of rotatable bonds is 3. The Hall–Kier alpha value is -2.48. The van der Waals surface area contributed by atoms with Gasteiger partial charge in [-0.2, -0.15) is 4.98 Å². The van der Waals surface area contributed by atoms with Crippen molar-refractivity contribution in [1.29, 1.82) is 0 Å². The van der Waals surface area contributed by atoms with Gasteiger partial charge < -0.3 is 15.6 Å². The molecule has 1 aromatic carbocycles. The third kappa shape index (κ3) is 2.45. The number of carbonyl (C=O) groups excluding carboxylic acids is 1. The number of carbonyl (C=O) groups is 1. The van der Waals surface area contributed by atoms with E-state index < -0.39 is 11.7 Å². The molecule has 0 aliphatic rings. The van der Waals surface area contributed by atoms with Crippen LogP contribution in [0.15, 0.2) is 22.7 Å². The summed E-state index contributed by atoms with van der Waals surface area (Å²) >= 11 is 1.14. The number of nitrogen functional groups attached to an aromatic ring is 1. The van der Waals surface area contributed by atoms with Crippen molar-refractivity contribution in [2.75, 3.05) is 5.73 Å². The van der Waals surface area contributed by atoms with E-state index in [1.807, 2.05) is 0 Å². The molecule has 3 N–H and O–H groups in total. The fourth-order valence-corrected chi connectivity index (χ4v) is 3.00. The third-order valence-corrected chi connectivity index (χ3v) is 4.05. The Kier molecular flexibility index (Phi) is 3.30. The van der Waals surface area contributed by atoms with Gasteiger partial charge in [-0.3, -0.25) is 4.79 Å². The van der Waals surface area contributed by atoms with Crippen LogP contribution in [0.2, 0.25) is 0 Å². The van der Waals surface area contributed by atoms with Crippen molar-refractivity contribution in [3.63, 3.8) is 0 Å². The Morgan fingerprint density at radius 2 is 2.33 bits per heavy atom. The van der Waals surface area contributed by atoms with E-state index in [0.29, 0.717) is 16.4 Å². The SMILES string of the molecule is Cc1noc(CNC(=O)c2sc3cccc(F)c3c2N)n1. The largest absolute Gasteiger partial charge is 0.397 e. The van der Waals surface area contributed by atoms with Crippen LogP contribution >= 0.6 is 11.3 Å². The lowest BCUT2D eigenvalue weighted by Crippen LogP contribution is -2.22. The maximum absolute atomic E-state index is 13.7. The molecule has 0 aliphatic heterocycles. The van der Waals surface area contributed by atoms with Crippen molar-refractivity contribution in [1.82, 2.24) is 15.5 Å². The summed E-state index contributed by atoms with van der Waals surface area (Å²) in [5.41, 5.74) is 6.02. The number of aryl methyl sites for hydroxylation is 1. The second kappa shape index (κ2) is 5.13. The average Bonchev–Trinajstić information content (AvgIpc) is 3.01. The van der Waals surface area contributed by atoms with Crippen molar-refractivity contribution in [3.05, 3.63) is 40.6 Å². The van der Waals surface area contributed by atoms with E-state index in [1.165, 1.54) is 6.07 Å². The molecule has 21 heavy (non-hydrogen) atoms. The molecule has 1 amide bonds. The molecule has 2 aromatic heterocycles. The van der Waals surface area contributed by atoms with Crippen molar-refractivity contribution >= 4 is 33.0 Å². The minimum absolute atomic E-state index is 0.0931. The zero-order chi connectivity index (χ0) is 15.0. The number of hydrogen-bond acceptors (Lipinski definition) is 6. The smallest absolute Gasteiger partial charge is 0.263 e. The molecule has 0 radical (unpaired) electrons. The van der Waals surface area contributed by atoms with Crippen LogP contribution in [0.25, 0.3) is 10.1 Å². The van der Waals surface area contributed by atoms with Gasteiger partial charge >= 0.3 is 0 Å². The monoisotopic (exact) mass is 306 g/mol. The lowest BCUT2D eigenvalue weighted by molar-refractivity contribution is 0.0951. The predicted octanol–water partition coefficient (Wildman–Crippen LogP) is 2.24. The normalized spacial score (nSPS) is 11.0. The average molecular weight is 306 g/mol. The van der Waals surface area contributed by atoms with E-state index in [0.717, 1.165) is 11.3 Å². The van der Waals surface area contributed by atoms with Gasteiger partial charge in [-0.05, 0) is 19.1 Å². The van der Waals surface area contributed by atoms with E-state index in [4.69, 9.17) is 10.3 Å². The molecule has 6 nitrogen and oxygen atoms in total. The Morgan fingerprint density at radius 3 is 3.00 bits per heavy atom. The van der Waals surface area contributed by atoms with Gasteiger partial charge in [0, 0.05) is 4.70 Å². The number of amides is 1. The number of nitrogens with two attached hydrogens (primary N) is 1. The van der Waals surface area contributed by atoms with E-state index in [2.05, 4.69) is 15.5 Å². The molecular formula is C13H11FN4O2S.